The van der Waals surface area contributed by atoms with Crippen molar-refractivity contribution in [1.29, 1.82) is 0 Å². The maximum absolute atomic E-state index is 13.5. The lowest BCUT2D eigenvalue weighted by molar-refractivity contribution is -0.130. The van der Waals surface area contributed by atoms with Crippen molar-refractivity contribution < 1.29 is 14.3 Å². The molecule has 2 aromatic carbocycles. The van der Waals surface area contributed by atoms with Crippen LogP contribution in [0.5, 0.6) is 5.75 Å². The highest BCUT2D eigenvalue weighted by atomic mass is 16.5. The predicted molar refractivity (Wildman–Crippen MR) is 125 cm³/mol. The van der Waals surface area contributed by atoms with Crippen molar-refractivity contribution in [2.75, 3.05) is 0 Å². The van der Waals surface area contributed by atoms with E-state index < -0.39 is 11.9 Å². The van der Waals surface area contributed by atoms with Crippen LogP contribution in [0.4, 0.5) is 0 Å². The van der Waals surface area contributed by atoms with Crippen LogP contribution in [0.2, 0.25) is 0 Å². The summed E-state index contributed by atoms with van der Waals surface area (Å²) in [4.78, 5) is 31.1. The van der Waals surface area contributed by atoms with Crippen LogP contribution in [0.3, 0.4) is 0 Å². The number of hydrogen-bond acceptors (Lipinski definition) is 5. The number of benzene rings is 2. The maximum atomic E-state index is 13.5. The third-order valence-corrected chi connectivity index (χ3v) is 7.34. The van der Waals surface area contributed by atoms with Gasteiger partial charge in [-0.3, -0.25) is 14.5 Å². The molecule has 0 radical (unpaired) electrons. The minimum atomic E-state index is -0.621. The molecule has 172 valence electrons. The average Bonchev–Trinajstić information content (AvgIpc) is 3.58. The van der Waals surface area contributed by atoms with Crippen molar-refractivity contribution in [2.45, 2.75) is 63.1 Å². The fraction of sp³-hybridized carbons (Fsp3) is 0.423. The summed E-state index contributed by atoms with van der Waals surface area (Å²) in [5, 5.41) is 0. The van der Waals surface area contributed by atoms with E-state index in [0.29, 0.717) is 29.8 Å². The third kappa shape index (κ3) is 4.08. The number of guanidine groups is 1. The number of aliphatic imine (C=N–C) groups is 1. The van der Waals surface area contributed by atoms with Gasteiger partial charge in [-0.25, -0.2) is 4.99 Å². The topological polar surface area (TPSA) is 111 Å². The highest BCUT2D eigenvalue weighted by Crippen LogP contribution is 2.54. The number of ether oxygens (including phenoxy) is 1. The Morgan fingerprint density at radius 1 is 1.09 bits per heavy atom. The fourth-order valence-electron chi connectivity index (χ4n) is 5.43. The van der Waals surface area contributed by atoms with Crippen molar-refractivity contribution in [3.8, 4) is 5.75 Å². The Bertz CT molecular complexity index is 1080. The molecule has 33 heavy (non-hydrogen) atoms. The SMILES string of the molecule is NC(=O)c1ccc(COc2cccc(C3N=C(N)N(C4(C5CCCCC5)CC4)C3=O)c2)cc1. The zero-order valence-corrected chi connectivity index (χ0v) is 18.7. The lowest BCUT2D eigenvalue weighted by Gasteiger charge is -2.37. The highest BCUT2D eigenvalue weighted by molar-refractivity contribution is 6.05. The predicted octanol–water partition coefficient (Wildman–Crippen LogP) is 3.68. The summed E-state index contributed by atoms with van der Waals surface area (Å²) in [6.45, 7) is 0.337. The molecule has 7 heteroatoms. The molecule has 1 aliphatic heterocycles. The Morgan fingerprint density at radius 2 is 1.82 bits per heavy atom. The van der Waals surface area contributed by atoms with E-state index in [4.69, 9.17) is 16.2 Å². The van der Waals surface area contributed by atoms with Crippen LogP contribution in [0, 0.1) is 5.92 Å². The normalized spacial score (nSPS) is 22.2. The summed E-state index contributed by atoms with van der Waals surface area (Å²) < 4.78 is 5.94. The standard InChI is InChI=1S/C26H30N4O3/c27-23(31)18-11-9-17(10-12-18)16-33-21-8-4-5-19(15-21)22-24(32)30(25(28)29-22)26(13-14-26)20-6-2-1-3-7-20/h4-5,8-12,15,20,22H,1-3,6-7,13-14,16H2,(H2,27,31)(H2,28,29). The second-order valence-electron chi connectivity index (χ2n) is 9.42. The van der Waals surface area contributed by atoms with Gasteiger partial charge in [0.1, 0.15) is 12.4 Å². The minimum Gasteiger partial charge on any atom is -0.489 e. The van der Waals surface area contributed by atoms with Gasteiger partial charge in [-0.2, -0.15) is 0 Å². The first-order valence-electron chi connectivity index (χ1n) is 11.8. The lowest BCUT2D eigenvalue weighted by Crippen LogP contribution is -2.51. The highest BCUT2D eigenvalue weighted by Gasteiger charge is 2.59. The van der Waals surface area contributed by atoms with Crippen LogP contribution in [0.15, 0.2) is 53.5 Å². The molecule has 7 nitrogen and oxygen atoms in total. The van der Waals surface area contributed by atoms with E-state index in [0.717, 1.165) is 24.0 Å². The van der Waals surface area contributed by atoms with E-state index in [1.54, 1.807) is 12.1 Å². The molecule has 3 aliphatic rings. The zero-order valence-electron chi connectivity index (χ0n) is 18.7. The van der Waals surface area contributed by atoms with Gasteiger partial charge in [-0.05, 0) is 67.0 Å². The van der Waals surface area contributed by atoms with E-state index in [9.17, 15) is 9.59 Å². The smallest absolute Gasteiger partial charge is 0.259 e. The lowest BCUT2D eigenvalue weighted by atomic mass is 9.81. The zero-order chi connectivity index (χ0) is 23.0. The number of hydrogen-bond donors (Lipinski definition) is 2. The molecule has 0 saturated heterocycles. The number of nitrogens with two attached hydrogens (primary N) is 2. The van der Waals surface area contributed by atoms with Crippen molar-refractivity contribution >= 4 is 17.8 Å². The third-order valence-electron chi connectivity index (χ3n) is 7.34. The first-order chi connectivity index (χ1) is 16.0. The number of carbonyl (C=O) groups is 2. The molecule has 1 unspecified atom stereocenters. The van der Waals surface area contributed by atoms with E-state index in [2.05, 4.69) is 4.99 Å². The first kappa shape index (κ1) is 21.5. The van der Waals surface area contributed by atoms with Crippen molar-refractivity contribution in [3.05, 3.63) is 65.2 Å². The van der Waals surface area contributed by atoms with E-state index in [1.807, 2.05) is 41.3 Å². The Hall–Kier alpha value is -3.35. The molecule has 5 rings (SSSR count). The molecule has 0 spiro atoms. The number of rotatable bonds is 7. The van der Waals surface area contributed by atoms with Gasteiger partial charge >= 0.3 is 0 Å². The molecule has 1 heterocycles. The largest absolute Gasteiger partial charge is 0.489 e. The van der Waals surface area contributed by atoms with Crippen molar-refractivity contribution in [3.63, 3.8) is 0 Å². The average molecular weight is 447 g/mol. The van der Waals surface area contributed by atoms with Gasteiger partial charge in [0.2, 0.25) is 5.91 Å². The summed E-state index contributed by atoms with van der Waals surface area (Å²) >= 11 is 0. The van der Waals surface area contributed by atoms with Crippen LogP contribution in [0.25, 0.3) is 0 Å². The number of primary amides is 1. The summed E-state index contributed by atoms with van der Waals surface area (Å²) in [7, 11) is 0. The summed E-state index contributed by atoms with van der Waals surface area (Å²) in [6, 6.07) is 13.9. The van der Waals surface area contributed by atoms with E-state index in [1.165, 1.54) is 32.1 Å². The Kier molecular flexibility index (Phi) is 5.56. The number of carbonyl (C=O) groups excluding carboxylic acids is 2. The minimum absolute atomic E-state index is 0.0187. The summed E-state index contributed by atoms with van der Waals surface area (Å²) in [6.07, 6.45) is 8.14. The summed E-state index contributed by atoms with van der Waals surface area (Å²) in [5.74, 6) is 1.06. The molecule has 0 bridgehead atoms. The van der Waals surface area contributed by atoms with E-state index in [-0.39, 0.29) is 11.4 Å². The molecule has 2 fully saturated rings. The maximum Gasteiger partial charge on any atom is 0.259 e. The van der Waals surface area contributed by atoms with Crippen LogP contribution in [-0.2, 0) is 11.4 Å². The molecule has 0 aromatic heterocycles. The van der Waals surface area contributed by atoms with Gasteiger partial charge in [-0.1, -0.05) is 43.5 Å². The van der Waals surface area contributed by atoms with Crippen LogP contribution in [0.1, 0.15) is 72.5 Å². The molecular weight excluding hydrogens is 416 g/mol. The molecular formula is C26H30N4O3. The van der Waals surface area contributed by atoms with Crippen molar-refractivity contribution in [2.24, 2.45) is 22.4 Å². The second-order valence-corrected chi connectivity index (χ2v) is 9.42. The molecule has 2 amide bonds. The quantitative estimate of drug-likeness (QED) is 0.676. The van der Waals surface area contributed by atoms with Gasteiger partial charge in [0, 0.05) is 5.56 Å². The van der Waals surface area contributed by atoms with Gasteiger partial charge in [0.15, 0.2) is 12.0 Å². The van der Waals surface area contributed by atoms with Gasteiger partial charge in [-0.15, -0.1) is 0 Å². The van der Waals surface area contributed by atoms with Gasteiger partial charge < -0.3 is 16.2 Å². The second kappa shape index (κ2) is 8.54. The molecule has 2 saturated carbocycles. The molecule has 2 aromatic rings. The molecule has 1 atom stereocenters. The molecule has 2 aliphatic carbocycles. The summed E-state index contributed by atoms with van der Waals surface area (Å²) in [5.41, 5.74) is 13.7. The van der Waals surface area contributed by atoms with Crippen LogP contribution < -0.4 is 16.2 Å². The van der Waals surface area contributed by atoms with Crippen molar-refractivity contribution in [1.82, 2.24) is 4.90 Å². The van der Waals surface area contributed by atoms with Gasteiger partial charge in [0.05, 0.1) is 5.54 Å². The number of nitrogens with zero attached hydrogens (tertiary/aromatic N) is 2. The monoisotopic (exact) mass is 446 g/mol. The first-order valence-corrected chi connectivity index (χ1v) is 11.8. The van der Waals surface area contributed by atoms with E-state index >= 15 is 0 Å². The Balaban J connectivity index is 1.29. The van der Waals surface area contributed by atoms with Gasteiger partial charge in [0.25, 0.3) is 5.91 Å². The fourth-order valence-corrected chi connectivity index (χ4v) is 5.43. The van der Waals surface area contributed by atoms with Crippen LogP contribution >= 0.6 is 0 Å². The Morgan fingerprint density at radius 3 is 2.48 bits per heavy atom. The molecule has 4 N–H and O–H groups in total. The Labute approximate surface area is 193 Å². The van der Waals surface area contributed by atoms with Crippen LogP contribution in [-0.4, -0.2) is 28.2 Å². The number of amides is 2.